The molecule has 116 valence electrons. The van der Waals surface area contributed by atoms with Crippen molar-refractivity contribution in [3.05, 3.63) is 48.2 Å². The van der Waals surface area contributed by atoms with Gasteiger partial charge in [-0.15, -0.1) is 0 Å². The van der Waals surface area contributed by atoms with Crippen molar-refractivity contribution in [2.24, 2.45) is 11.8 Å². The normalized spacial score (nSPS) is 30.6. The predicted molar refractivity (Wildman–Crippen MR) is 93.0 cm³/mol. The maximum Gasteiger partial charge on any atom is 0.0456 e. The van der Waals surface area contributed by atoms with Gasteiger partial charge in [0.1, 0.15) is 0 Å². The molecule has 1 aliphatic carbocycles. The Morgan fingerprint density at radius 3 is 2.95 bits per heavy atom. The van der Waals surface area contributed by atoms with Gasteiger partial charge in [0.15, 0.2) is 0 Å². The molecule has 2 bridgehead atoms. The van der Waals surface area contributed by atoms with E-state index >= 15 is 0 Å². The summed E-state index contributed by atoms with van der Waals surface area (Å²) >= 11 is 0. The van der Waals surface area contributed by atoms with Crippen LogP contribution >= 0.6 is 0 Å². The molecule has 0 spiro atoms. The molecular weight excluding hydrogens is 268 g/mol. The van der Waals surface area contributed by atoms with E-state index < -0.39 is 0 Å². The van der Waals surface area contributed by atoms with Crippen LogP contribution in [0.3, 0.4) is 0 Å². The molecule has 22 heavy (non-hydrogen) atoms. The smallest absolute Gasteiger partial charge is 0.0456 e. The van der Waals surface area contributed by atoms with E-state index in [-0.39, 0.29) is 5.54 Å². The molecule has 1 aliphatic heterocycles. The first-order valence-electron chi connectivity index (χ1n) is 8.55. The number of benzene rings is 1. The van der Waals surface area contributed by atoms with E-state index in [9.17, 15) is 0 Å². The minimum absolute atomic E-state index is 0.244. The Hall–Kier alpha value is -1.54. The van der Waals surface area contributed by atoms with E-state index in [1.54, 1.807) is 0 Å². The molecule has 2 aromatic rings. The SMILES string of the molecule is C=C1CC[C@@H]2C[C@H]1[C@@H](Cc1c[nH]c3ccccc13)NC2(C)C. The monoisotopic (exact) mass is 294 g/mol. The van der Waals surface area contributed by atoms with Crippen LogP contribution < -0.4 is 5.32 Å². The van der Waals surface area contributed by atoms with Crippen molar-refractivity contribution in [3.63, 3.8) is 0 Å². The minimum atomic E-state index is 0.244. The third-order valence-corrected chi connectivity index (χ3v) is 6.06. The summed E-state index contributed by atoms with van der Waals surface area (Å²) in [6.07, 6.45) is 7.10. The van der Waals surface area contributed by atoms with Crippen LogP contribution in [0.15, 0.2) is 42.6 Å². The van der Waals surface area contributed by atoms with Gasteiger partial charge in [-0.1, -0.05) is 30.4 Å². The number of hydrogen-bond acceptors (Lipinski definition) is 1. The Balaban J connectivity index is 1.65. The van der Waals surface area contributed by atoms with Crippen molar-refractivity contribution < 1.29 is 0 Å². The molecule has 2 heterocycles. The second kappa shape index (κ2) is 4.99. The molecule has 2 aliphatic rings. The Bertz CT molecular complexity index is 709. The van der Waals surface area contributed by atoms with E-state index in [1.165, 1.54) is 41.3 Å². The van der Waals surface area contributed by atoms with E-state index in [0.29, 0.717) is 12.0 Å². The van der Waals surface area contributed by atoms with Crippen LogP contribution in [0, 0.1) is 11.8 Å². The fourth-order valence-corrected chi connectivity index (χ4v) is 4.67. The van der Waals surface area contributed by atoms with Crippen LogP contribution in [0.1, 0.15) is 38.7 Å². The Morgan fingerprint density at radius 2 is 2.09 bits per heavy atom. The van der Waals surface area contributed by atoms with Gasteiger partial charge in [-0.2, -0.15) is 0 Å². The van der Waals surface area contributed by atoms with E-state index in [0.717, 1.165) is 12.3 Å². The van der Waals surface area contributed by atoms with Crippen molar-refractivity contribution in [3.8, 4) is 0 Å². The summed E-state index contributed by atoms with van der Waals surface area (Å²) < 4.78 is 0. The number of nitrogens with one attached hydrogen (secondary N) is 2. The van der Waals surface area contributed by atoms with Crippen LogP contribution in [-0.2, 0) is 6.42 Å². The van der Waals surface area contributed by atoms with E-state index in [1.807, 2.05) is 0 Å². The number of H-pyrrole nitrogens is 1. The summed E-state index contributed by atoms with van der Waals surface area (Å²) in [6, 6.07) is 9.13. The largest absolute Gasteiger partial charge is 0.361 e. The van der Waals surface area contributed by atoms with Crippen LogP contribution in [0.2, 0.25) is 0 Å². The standard InChI is InChI=1S/C20H26N2/c1-13-8-9-15-11-17(13)19(22-20(15,2)3)10-14-12-21-18-7-5-4-6-16(14)18/h4-7,12,15,17,19,21-22H,1,8-11H2,2-3H3/t15-,17-,19-/m1/s1. The van der Waals surface area contributed by atoms with Crippen molar-refractivity contribution in [1.29, 1.82) is 0 Å². The molecular formula is C20H26N2. The molecule has 4 rings (SSSR count). The van der Waals surface area contributed by atoms with Crippen LogP contribution in [0.5, 0.6) is 0 Å². The van der Waals surface area contributed by atoms with Crippen LogP contribution in [0.25, 0.3) is 10.9 Å². The Labute approximate surface area is 133 Å². The van der Waals surface area contributed by atoms with Gasteiger partial charge in [0, 0.05) is 28.7 Å². The molecule has 2 N–H and O–H groups in total. The molecule has 1 aromatic carbocycles. The molecule has 0 radical (unpaired) electrons. The predicted octanol–water partition coefficient (Wildman–Crippen LogP) is 4.43. The first-order chi connectivity index (χ1) is 10.5. The number of para-hydroxylation sites is 1. The molecule has 1 saturated carbocycles. The highest BCUT2D eigenvalue weighted by molar-refractivity contribution is 5.83. The van der Waals surface area contributed by atoms with Crippen LogP contribution in [-0.4, -0.2) is 16.6 Å². The number of piperidine rings is 1. The number of fused-ring (bicyclic) bond motifs is 3. The zero-order valence-corrected chi connectivity index (χ0v) is 13.7. The highest BCUT2D eigenvalue weighted by atomic mass is 15.0. The van der Waals surface area contributed by atoms with Crippen LogP contribution in [0.4, 0.5) is 0 Å². The first-order valence-corrected chi connectivity index (χ1v) is 8.55. The molecule has 0 unspecified atom stereocenters. The molecule has 2 fully saturated rings. The summed E-state index contributed by atoms with van der Waals surface area (Å²) in [7, 11) is 0. The molecule has 1 aromatic heterocycles. The lowest BCUT2D eigenvalue weighted by Crippen LogP contribution is -2.60. The summed E-state index contributed by atoms with van der Waals surface area (Å²) in [5, 5.41) is 5.32. The maximum absolute atomic E-state index is 4.38. The summed E-state index contributed by atoms with van der Waals surface area (Å²) in [5.74, 6) is 1.43. The molecule has 2 heteroatoms. The fourth-order valence-electron chi connectivity index (χ4n) is 4.67. The van der Waals surface area contributed by atoms with Gasteiger partial charge in [-0.3, -0.25) is 0 Å². The first kappa shape index (κ1) is 14.1. The molecule has 1 saturated heterocycles. The highest BCUT2D eigenvalue weighted by Gasteiger charge is 2.44. The number of aromatic amines is 1. The summed E-state index contributed by atoms with van der Waals surface area (Å²) in [5.41, 5.74) is 4.38. The molecule has 3 atom stereocenters. The van der Waals surface area contributed by atoms with Gasteiger partial charge >= 0.3 is 0 Å². The second-order valence-corrected chi connectivity index (χ2v) is 7.77. The van der Waals surface area contributed by atoms with Crippen molar-refractivity contribution in [1.82, 2.24) is 10.3 Å². The van der Waals surface area contributed by atoms with Crippen molar-refractivity contribution in [2.75, 3.05) is 0 Å². The molecule has 0 amide bonds. The quantitative estimate of drug-likeness (QED) is 0.788. The fraction of sp³-hybridized carbons (Fsp3) is 0.500. The van der Waals surface area contributed by atoms with Gasteiger partial charge in [-0.25, -0.2) is 0 Å². The van der Waals surface area contributed by atoms with Gasteiger partial charge < -0.3 is 10.3 Å². The van der Waals surface area contributed by atoms with Gasteiger partial charge in [-0.05, 0) is 63.0 Å². The van der Waals surface area contributed by atoms with Crippen molar-refractivity contribution in [2.45, 2.75) is 51.1 Å². The topological polar surface area (TPSA) is 27.8 Å². The van der Waals surface area contributed by atoms with E-state index in [4.69, 9.17) is 0 Å². The summed E-state index contributed by atoms with van der Waals surface area (Å²) in [6.45, 7) is 9.13. The lowest BCUT2D eigenvalue weighted by molar-refractivity contribution is 0.0895. The van der Waals surface area contributed by atoms with Crippen molar-refractivity contribution >= 4 is 10.9 Å². The minimum Gasteiger partial charge on any atom is -0.361 e. The zero-order valence-electron chi connectivity index (χ0n) is 13.7. The summed E-state index contributed by atoms with van der Waals surface area (Å²) in [4.78, 5) is 3.42. The third-order valence-electron chi connectivity index (χ3n) is 6.06. The van der Waals surface area contributed by atoms with Gasteiger partial charge in [0.25, 0.3) is 0 Å². The van der Waals surface area contributed by atoms with Gasteiger partial charge in [0.05, 0.1) is 0 Å². The highest BCUT2D eigenvalue weighted by Crippen LogP contribution is 2.44. The number of hydrogen-bond donors (Lipinski definition) is 2. The Kier molecular flexibility index (Phi) is 3.19. The second-order valence-electron chi connectivity index (χ2n) is 7.77. The zero-order chi connectivity index (χ0) is 15.3. The van der Waals surface area contributed by atoms with Gasteiger partial charge in [0.2, 0.25) is 0 Å². The number of aromatic nitrogens is 1. The lowest BCUT2D eigenvalue weighted by atomic mass is 9.64. The molecule has 2 nitrogen and oxygen atoms in total. The number of rotatable bonds is 2. The van der Waals surface area contributed by atoms with E-state index in [2.05, 4.69) is 61.2 Å². The maximum atomic E-state index is 4.38. The Morgan fingerprint density at radius 1 is 1.27 bits per heavy atom. The lowest BCUT2D eigenvalue weighted by Gasteiger charge is -2.52. The average Bonchev–Trinajstić information content (AvgIpc) is 2.89. The average molecular weight is 294 g/mol. The third kappa shape index (κ3) is 2.21.